The van der Waals surface area contributed by atoms with E-state index in [9.17, 15) is 4.79 Å². The van der Waals surface area contributed by atoms with Gasteiger partial charge in [0.1, 0.15) is 5.76 Å². The first-order valence-electron chi connectivity index (χ1n) is 10.3. The number of carbonyl (C=O) groups is 1. The highest BCUT2D eigenvalue weighted by atomic mass is 16.5. The molecule has 1 fully saturated rings. The molecule has 1 aliphatic heterocycles. The van der Waals surface area contributed by atoms with Crippen LogP contribution in [0.3, 0.4) is 0 Å². The van der Waals surface area contributed by atoms with Gasteiger partial charge in [0.2, 0.25) is 5.91 Å². The molecule has 0 N–H and O–H groups in total. The van der Waals surface area contributed by atoms with Gasteiger partial charge in [0, 0.05) is 50.6 Å². The van der Waals surface area contributed by atoms with Gasteiger partial charge in [-0.1, -0.05) is 19.0 Å². The summed E-state index contributed by atoms with van der Waals surface area (Å²) in [5, 5.41) is 8.44. The molecule has 1 saturated heterocycles. The van der Waals surface area contributed by atoms with Crippen molar-refractivity contribution < 1.29 is 14.1 Å². The molecule has 1 amide bonds. The van der Waals surface area contributed by atoms with Crippen molar-refractivity contribution in [2.24, 2.45) is 13.0 Å². The Morgan fingerprint density at radius 3 is 2.59 bits per heavy atom. The summed E-state index contributed by atoms with van der Waals surface area (Å²) in [6.45, 7) is 13.7. The fourth-order valence-corrected chi connectivity index (χ4v) is 3.85. The normalized spacial score (nSPS) is 18.7. The van der Waals surface area contributed by atoms with Crippen LogP contribution in [0.4, 0.5) is 0 Å². The van der Waals surface area contributed by atoms with E-state index in [4.69, 9.17) is 9.26 Å². The van der Waals surface area contributed by atoms with Crippen molar-refractivity contribution in [3.8, 4) is 0 Å². The molecule has 1 atom stereocenters. The molecule has 3 rings (SSSR count). The maximum atomic E-state index is 12.9. The number of hydrogen-bond donors (Lipinski definition) is 0. The minimum atomic E-state index is -0.0779. The van der Waals surface area contributed by atoms with Gasteiger partial charge in [-0.2, -0.15) is 5.10 Å². The standard InChI is InChI=1S/C21H33N5O3/c1-14(2)7-26-11-19(28-13-20-16(4)23-29-17(20)5)10-25(12-21(26)27)9-18-8-24(6)22-15(18)3/h8,14,19H,7,9-13H2,1-6H3/t19-/m1/s1. The Balaban J connectivity index is 1.74. The molecule has 1 aliphatic rings. The van der Waals surface area contributed by atoms with Crippen molar-refractivity contribution >= 4 is 5.91 Å². The summed E-state index contributed by atoms with van der Waals surface area (Å²) in [4.78, 5) is 17.0. The quantitative estimate of drug-likeness (QED) is 0.706. The molecule has 0 aliphatic carbocycles. The van der Waals surface area contributed by atoms with Gasteiger partial charge in [0.05, 0.1) is 30.6 Å². The zero-order valence-electron chi connectivity index (χ0n) is 18.4. The number of hydrogen-bond acceptors (Lipinski definition) is 6. The Bertz CT molecular complexity index is 822. The van der Waals surface area contributed by atoms with E-state index < -0.39 is 0 Å². The Morgan fingerprint density at radius 1 is 1.24 bits per heavy atom. The molecule has 2 aromatic rings. The van der Waals surface area contributed by atoms with Crippen molar-refractivity contribution in [3.63, 3.8) is 0 Å². The second-order valence-corrected chi connectivity index (χ2v) is 8.51. The molecule has 0 spiro atoms. The third kappa shape index (κ3) is 5.45. The molecule has 0 radical (unpaired) electrons. The molecule has 3 heterocycles. The van der Waals surface area contributed by atoms with Crippen LogP contribution in [-0.2, 0) is 29.7 Å². The number of carbonyl (C=O) groups excluding carboxylic acids is 1. The van der Waals surface area contributed by atoms with Crippen molar-refractivity contribution in [1.82, 2.24) is 24.7 Å². The smallest absolute Gasteiger partial charge is 0.236 e. The van der Waals surface area contributed by atoms with Crippen molar-refractivity contribution in [3.05, 3.63) is 34.5 Å². The number of ether oxygens (including phenoxy) is 1. The maximum absolute atomic E-state index is 12.9. The molecule has 0 aromatic carbocycles. The predicted octanol–water partition coefficient (Wildman–Crippen LogP) is 2.22. The van der Waals surface area contributed by atoms with E-state index in [1.807, 2.05) is 43.6 Å². The zero-order chi connectivity index (χ0) is 21.1. The number of rotatable bonds is 7. The SMILES string of the molecule is Cc1nn(C)cc1CN1CC(=O)N(CC(C)C)C[C@H](OCc2c(C)noc2C)C1. The van der Waals surface area contributed by atoms with Gasteiger partial charge in [-0.15, -0.1) is 0 Å². The summed E-state index contributed by atoms with van der Waals surface area (Å²) in [7, 11) is 1.92. The van der Waals surface area contributed by atoms with Gasteiger partial charge in [0.25, 0.3) is 0 Å². The lowest BCUT2D eigenvalue weighted by atomic mass is 10.2. The average molecular weight is 404 g/mol. The van der Waals surface area contributed by atoms with Gasteiger partial charge >= 0.3 is 0 Å². The summed E-state index contributed by atoms with van der Waals surface area (Å²) < 4.78 is 13.3. The van der Waals surface area contributed by atoms with Crippen molar-refractivity contribution in [2.75, 3.05) is 26.2 Å². The lowest BCUT2D eigenvalue weighted by molar-refractivity contribution is -0.132. The van der Waals surface area contributed by atoms with Gasteiger partial charge in [-0.25, -0.2) is 0 Å². The molecule has 2 aromatic heterocycles. The van der Waals surface area contributed by atoms with Crippen molar-refractivity contribution in [1.29, 1.82) is 0 Å². The van der Waals surface area contributed by atoms with Crippen LogP contribution in [0.2, 0.25) is 0 Å². The fourth-order valence-electron chi connectivity index (χ4n) is 3.85. The second kappa shape index (κ2) is 9.09. The minimum absolute atomic E-state index is 0.0779. The average Bonchev–Trinajstić information content (AvgIpc) is 3.06. The maximum Gasteiger partial charge on any atom is 0.236 e. The molecular formula is C21H33N5O3. The van der Waals surface area contributed by atoms with Crippen LogP contribution < -0.4 is 0 Å². The summed E-state index contributed by atoms with van der Waals surface area (Å²) in [5.74, 6) is 1.35. The highest BCUT2D eigenvalue weighted by molar-refractivity contribution is 5.78. The predicted molar refractivity (Wildman–Crippen MR) is 109 cm³/mol. The van der Waals surface area contributed by atoms with Gasteiger partial charge in [0.15, 0.2) is 0 Å². The van der Waals surface area contributed by atoms with Crippen LogP contribution in [0.5, 0.6) is 0 Å². The number of amides is 1. The first kappa shape index (κ1) is 21.5. The summed E-state index contributed by atoms with van der Waals surface area (Å²) in [6, 6.07) is 0. The molecule has 0 unspecified atom stereocenters. The first-order chi connectivity index (χ1) is 13.7. The lowest BCUT2D eigenvalue weighted by Crippen LogP contribution is -2.40. The van der Waals surface area contributed by atoms with E-state index in [2.05, 4.69) is 29.0 Å². The van der Waals surface area contributed by atoms with Crippen molar-refractivity contribution in [2.45, 2.75) is 53.9 Å². The van der Waals surface area contributed by atoms with E-state index in [1.54, 1.807) is 0 Å². The third-order valence-electron chi connectivity index (χ3n) is 5.34. The Hall–Kier alpha value is -2.19. The minimum Gasteiger partial charge on any atom is -0.370 e. The first-order valence-corrected chi connectivity index (χ1v) is 10.3. The summed E-state index contributed by atoms with van der Waals surface area (Å²) in [5.41, 5.74) is 3.98. The summed E-state index contributed by atoms with van der Waals surface area (Å²) in [6.07, 6.45) is 1.95. The molecule has 0 bridgehead atoms. The Kier molecular flexibility index (Phi) is 6.74. The van der Waals surface area contributed by atoms with Crippen LogP contribution in [0.25, 0.3) is 0 Å². The van der Waals surface area contributed by atoms with Crippen LogP contribution in [0.15, 0.2) is 10.7 Å². The lowest BCUT2D eigenvalue weighted by Gasteiger charge is -2.26. The van der Waals surface area contributed by atoms with E-state index in [-0.39, 0.29) is 12.0 Å². The zero-order valence-corrected chi connectivity index (χ0v) is 18.4. The molecule has 8 heteroatoms. The van der Waals surface area contributed by atoms with Crippen LogP contribution in [0, 0.1) is 26.7 Å². The van der Waals surface area contributed by atoms with Gasteiger partial charge < -0.3 is 14.2 Å². The van der Waals surface area contributed by atoms with Gasteiger partial charge in [-0.05, 0) is 26.7 Å². The monoisotopic (exact) mass is 403 g/mol. The fraction of sp³-hybridized carbons (Fsp3) is 0.667. The van der Waals surface area contributed by atoms with Crippen LogP contribution >= 0.6 is 0 Å². The van der Waals surface area contributed by atoms with Crippen LogP contribution in [-0.4, -0.2) is 62.9 Å². The molecule has 160 valence electrons. The topological polar surface area (TPSA) is 76.6 Å². The van der Waals surface area contributed by atoms with E-state index in [0.29, 0.717) is 38.7 Å². The van der Waals surface area contributed by atoms with Gasteiger partial charge in [-0.3, -0.25) is 14.4 Å². The van der Waals surface area contributed by atoms with E-state index in [1.165, 1.54) is 0 Å². The number of aromatic nitrogens is 3. The molecule has 29 heavy (non-hydrogen) atoms. The number of nitrogens with zero attached hydrogens (tertiary/aromatic N) is 5. The molecule has 0 saturated carbocycles. The largest absolute Gasteiger partial charge is 0.370 e. The third-order valence-corrected chi connectivity index (χ3v) is 5.34. The number of aryl methyl sites for hydroxylation is 4. The highest BCUT2D eigenvalue weighted by Gasteiger charge is 2.29. The summed E-state index contributed by atoms with van der Waals surface area (Å²) >= 11 is 0. The van der Waals surface area contributed by atoms with Crippen LogP contribution in [0.1, 0.15) is 42.1 Å². The highest BCUT2D eigenvalue weighted by Crippen LogP contribution is 2.18. The van der Waals surface area contributed by atoms with E-state index in [0.717, 1.165) is 34.8 Å². The van der Waals surface area contributed by atoms with E-state index >= 15 is 0 Å². The second-order valence-electron chi connectivity index (χ2n) is 8.51. The molecule has 8 nitrogen and oxygen atoms in total. The molecular weight excluding hydrogens is 370 g/mol. The Labute approximate surface area is 172 Å². The Morgan fingerprint density at radius 2 is 2.00 bits per heavy atom.